The van der Waals surface area contributed by atoms with Crippen molar-refractivity contribution in [3.05, 3.63) is 53.1 Å². The van der Waals surface area contributed by atoms with Gasteiger partial charge in [0.1, 0.15) is 0 Å². The largest absolute Gasteiger partial charge is 0.493 e. The van der Waals surface area contributed by atoms with E-state index in [9.17, 15) is 9.59 Å². The van der Waals surface area contributed by atoms with E-state index in [1.165, 1.54) is 37.3 Å². The Morgan fingerprint density at radius 1 is 1.07 bits per heavy atom. The maximum atomic E-state index is 12.4. The van der Waals surface area contributed by atoms with E-state index in [2.05, 4.69) is 20.8 Å². The SMILES string of the molecule is COc1ccc(C(=O)Nc2nnc(SCC(=O)Nc3cccc(Cl)c3)s2)cc1OC. The number of benzene rings is 2. The zero-order valence-electron chi connectivity index (χ0n) is 16.0. The fourth-order valence-corrected chi connectivity index (χ4v) is 4.09. The average Bonchev–Trinajstić information content (AvgIpc) is 3.19. The van der Waals surface area contributed by atoms with Gasteiger partial charge in [0.2, 0.25) is 11.0 Å². The number of anilines is 2. The van der Waals surface area contributed by atoms with Gasteiger partial charge in [-0.15, -0.1) is 10.2 Å². The lowest BCUT2D eigenvalue weighted by atomic mass is 10.2. The Hall–Kier alpha value is -2.82. The van der Waals surface area contributed by atoms with Crippen LogP contribution in [0, 0.1) is 0 Å². The molecule has 0 unspecified atom stereocenters. The molecule has 0 spiro atoms. The predicted octanol–water partition coefficient (Wildman–Crippen LogP) is 4.19. The third-order valence-electron chi connectivity index (χ3n) is 3.71. The summed E-state index contributed by atoms with van der Waals surface area (Å²) in [6, 6.07) is 11.7. The van der Waals surface area contributed by atoms with Gasteiger partial charge in [0, 0.05) is 16.3 Å². The molecule has 3 rings (SSSR count). The van der Waals surface area contributed by atoms with Crippen molar-refractivity contribution in [3.63, 3.8) is 0 Å². The van der Waals surface area contributed by atoms with Crippen LogP contribution in [0.15, 0.2) is 46.8 Å². The monoisotopic (exact) mass is 464 g/mol. The Kier molecular flexibility index (Phi) is 7.50. The zero-order valence-corrected chi connectivity index (χ0v) is 18.4. The molecular formula is C19H17ClN4O4S2. The topological polar surface area (TPSA) is 102 Å². The summed E-state index contributed by atoms with van der Waals surface area (Å²) in [6.45, 7) is 0. The third-order valence-corrected chi connectivity index (χ3v) is 5.91. The molecule has 30 heavy (non-hydrogen) atoms. The second kappa shape index (κ2) is 10.3. The Morgan fingerprint density at radius 2 is 1.87 bits per heavy atom. The summed E-state index contributed by atoms with van der Waals surface area (Å²) in [5, 5.41) is 14.2. The number of nitrogens with zero attached hydrogens (tertiary/aromatic N) is 2. The molecule has 11 heteroatoms. The fraction of sp³-hybridized carbons (Fsp3) is 0.158. The highest BCUT2D eigenvalue weighted by atomic mass is 35.5. The first-order valence-electron chi connectivity index (χ1n) is 8.53. The Balaban J connectivity index is 1.54. The molecule has 2 aromatic carbocycles. The van der Waals surface area contributed by atoms with E-state index in [0.29, 0.717) is 37.2 Å². The van der Waals surface area contributed by atoms with Crippen LogP contribution >= 0.6 is 34.7 Å². The highest BCUT2D eigenvalue weighted by molar-refractivity contribution is 8.01. The van der Waals surface area contributed by atoms with Crippen LogP contribution < -0.4 is 20.1 Å². The summed E-state index contributed by atoms with van der Waals surface area (Å²) in [5.74, 6) is 0.560. The molecule has 156 valence electrons. The molecule has 0 saturated heterocycles. The molecule has 0 aliphatic heterocycles. The molecule has 1 aromatic heterocycles. The molecule has 2 N–H and O–H groups in total. The van der Waals surface area contributed by atoms with Gasteiger partial charge >= 0.3 is 0 Å². The van der Waals surface area contributed by atoms with Gasteiger partial charge < -0.3 is 14.8 Å². The normalized spacial score (nSPS) is 10.4. The second-order valence-electron chi connectivity index (χ2n) is 5.74. The predicted molar refractivity (Wildman–Crippen MR) is 118 cm³/mol. The molecule has 2 amide bonds. The average molecular weight is 465 g/mol. The van der Waals surface area contributed by atoms with E-state index in [-0.39, 0.29) is 17.6 Å². The molecule has 0 radical (unpaired) electrons. The van der Waals surface area contributed by atoms with Crippen molar-refractivity contribution < 1.29 is 19.1 Å². The molecule has 3 aromatic rings. The van der Waals surface area contributed by atoms with Gasteiger partial charge in [-0.3, -0.25) is 14.9 Å². The number of thioether (sulfide) groups is 1. The van der Waals surface area contributed by atoms with E-state index in [1.54, 1.807) is 42.5 Å². The molecular weight excluding hydrogens is 448 g/mol. The first-order chi connectivity index (χ1) is 14.5. The molecule has 0 fully saturated rings. The maximum absolute atomic E-state index is 12.4. The number of carbonyl (C=O) groups is 2. The first kappa shape index (κ1) is 21.9. The van der Waals surface area contributed by atoms with Crippen LogP contribution in [0.3, 0.4) is 0 Å². The van der Waals surface area contributed by atoms with E-state index in [0.717, 1.165) is 0 Å². The van der Waals surface area contributed by atoms with Crippen LogP contribution in [-0.2, 0) is 4.79 Å². The number of hydrogen-bond donors (Lipinski definition) is 2. The van der Waals surface area contributed by atoms with Crippen LogP contribution in [0.4, 0.5) is 10.8 Å². The summed E-state index contributed by atoms with van der Waals surface area (Å²) >= 11 is 8.30. The van der Waals surface area contributed by atoms with Crippen molar-refractivity contribution in [1.82, 2.24) is 10.2 Å². The minimum Gasteiger partial charge on any atom is -0.493 e. The molecule has 0 aliphatic rings. The highest BCUT2D eigenvalue weighted by Crippen LogP contribution is 2.29. The smallest absolute Gasteiger partial charge is 0.257 e. The Bertz CT molecular complexity index is 1060. The summed E-state index contributed by atoms with van der Waals surface area (Å²) in [7, 11) is 3.02. The van der Waals surface area contributed by atoms with Crippen molar-refractivity contribution in [1.29, 1.82) is 0 Å². The van der Waals surface area contributed by atoms with Gasteiger partial charge in [0.15, 0.2) is 15.8 Å². The van der Waals surface area contributed by atoms with E-state index >= 15 is 0 Å². The number of halogens is 1. The number of nitrogens with one attached hydrogen (secondary N) is 2. The molecule has 0 atom stereocenters. The number of hydrogen-bond acceptors (Lipinski definition) is 8. The summed E-state index contributed by atoms with van der Waals surface area (Å²) in [4.78, 5) is 24.5. The molecule has 1 heterocycles. The van der Waals surface area contributed by atoms with Crippen molar-refractivity contribution >= 4 is 57.3 Å². The van der Waals surface area contributed by atoms with Crippen molar-refractivity contribution in [2.45, 2.75) is 4.34 Å². The van der Waals surface area contributed by atoms with Crippen LogP contribution in [0.1, 0.15) is 10.4 Å². The lowest BCUT2D eigenvalue weighted by Gasteiger charge is -2.08. The van der Waals surface area contributed by atoms with Crippen LogP contribution in [-0.4, -0.2) is 42.0 Å². The van der Waals surface area contributed by atoms with E-state index in [1.807, 2.05) is 0 Å². The standard InChI is InChI=1S/C19H17ClN4O4S2/c1-27-14-7-6-11(8-15(14)28-2)17(26)22-18-23-24-19(30-18)29-10-16(25)21-13-5-3-4-12(20)9-13/h3-9H,10H2,1-2H3,(H,21,25)(H,22,23,26). The van der Waals surface area contributed by atoms with Gasteiger partial charge in [0.05, 0.1) is 20.0 Å². The number of aromatic nitrogens is 2. The van der Waals surface area contributed by atoms with Gasteiger partial charge in [-0.2, -0.15) is 0 Å². The first-order valence-corrected chi connectivity index (χ1v) is 10.7. The van der Waals surface area contributed by atoms with Gasteiger partial charge in [-0.1, -0.05) is 40.8 Å². The summed E-state index contributed by atoms with van der Waals surface area (Å²) in [6.07, 6.45) is 0. The minimum absolute atomic E-state index is 0.144. The number of ether oxygens (including phenoxy) is 2. The van der Waals surface area contributed by atoms with Crippen LogP contribution in [0.25, 0.3) is 0 Å². The summed E-state index contributed by atoms with van der Waals surface area (Å²) < 4.78 is 10.9. The fourth-order valence-electron chi connectivity index (χ4n) is 2.36. The molecule has 0 bridgehead atoms. The minimum atomic E-state index is -0.359. The molecule has 0 aliphatic carbocycles. The van der Waals surface area contributed by atoms with Gasteiger partial charge in [0.25, 0.3) is 5.91 Å². The lowest BCUT2D eigenvalue weighted by Crippen LogP contribution is -2.13. The van der Waals surface area contributed by atoms with Crippen molar-refractivity contribution in [3.8, 4) is 11.5 Å². The van der Waals surface area contributed by atoms with E-state index in [4.69, 9.17) is 21.1 Å². The summed E-state index contributed by atoms with van der Waals surface area (Å²) in [5.41, 5.74) is 1.01. The third kappa shape index (κ3) is 5.85. The van der Waals surface area contributed by atoms with E-state index < -0.39 is 0 Å². The maximum Gasteiger partial charge on any atom is 0.257 e. The Labute approximate surface area is 185 Å². The number of carbonyl (C=O) groups excluding carboxylic acids is 2. The number of rotatable bonds is 8. The van der Waals surface area contributed by atoms with Gasteiger partial charge in [-0.25, -0.2) is 0 Å². The number of amides is 2. The molecule has 0 saturated carbocycles. The highest BCUT2D eigenvalue weighted by Gasteiger charge is 2.14. The van der Waals surface area contributed by atoms with Crippen molar-refractivity contribution in [2.24, 2.45) is 0 Å². The van der Waals surface area contributed by atoms with Gasteiger partial charge in [-0.05, 0) is 36.4 Å². The molecule has 8 nitrogen and oxygen atoms in total. The van der Waals surface area contributed by atoms with Crippen molar-refractivity contribution in [2.75, 3.05) is 30.6 Å². The lowest BCUT2D eigenvalue weighted by molar-refractivity contribution is -0.113. The number of methoxy groups -OCH3 is 2. The quantitative estimate of drug-likeness (QED) is 0.380. The second-order valence-corrected chi connectivity index (χ2v) is 8.38. The van der Waals surface area contributed by atoms with Crippen LogP contribution in [0.2, 0.25) is 5.02 Å². The Morgan fingerprint density at radius 3 is 2.60 bits per heavy atom. The van der Waals surface area contributed by atoms with Crippen LogP contribution in [0.5, 0.6) is 11.5 Å². The zero-order chi connectivity index (χ0) is 21.5.